The minimum absolute atomic E-state index is 0.303. The summed E-state index contributed by atoms with van der Waals surface area (Å²) in [6.45, 7) is 1.05. The van der Waals surface area contributed by atoms with E-state index in [1.54, 1.807) is 37.6 Å². The van der Waals surface area contributed by atoms with E-state index in [1.165, 1.54) is 0 Å². The van der Waals surface area contributed by atoms with E-state index < -0.39 is 0 Å². The highest BCUT2D eigenvalue weighted by atomic mass is 79.9. The van der Waals surface area contributed by atoms with E-state index in [0.29, 0.717) is 36.0 Å². The summed E-state index contributed by atoms with van der Waals surface area (Å²) in [4.78, 5) is 12.0. The van der Waals surface area contributed by atoms with Gasteiger partial charge in [0.25, 0.3) is 5.91 Å². The molecule has 1 amide bonds. The number of hydrazone groups is 1. The molecule has 6 nitrogen and oxygen atoms in total. The molecule has 1 aliphatic rings. The maximum atomic E-state index is 12.0. The molecule has 0 radical (unpaired) electrons. The van der Waals surface area contributed by atoms with E-state index in [9.17, 15) is 4.79 Å². The van der Waals surface area contributed by atoms with Gasteiger partial charge in [0.2, 0.25) is 0 Å². The summed E-state index contributed by atoms with van der Waals surface area (Å²) < 4.78 is 16.9. The standard InChI is InChI=1S/C17H15BrN2O4/c1-22-13-4-2-11(3-5-13)17(21)20-19-10-12-8-15-16(9-14(12)18)24-7-6-23-15/h2-5,8-10H,6-7H2,1H3,(H,20,21). The second-order valence-electron chi connectivity index (χ2n) is 4.95. The van der Waals surface area contributed by atoms with Crippen molar-refractivity contribution < 1.29 is 19.0 Å². The lowest BCUT2D eigenvalue weighted by Crippen LogP contribution is -2.18. The Labute approximate surface area is 147 Å². The van der Waals surface area contributed by atoms with Gasteiger partial charge in [-0.2, -0.15) is 5.10 Å². The molecule has 2 aromatic rings. The average Bonchev–Trinajstić information content (AvgIpc) is 2.62. The molecule has 1 N–H and O–H groups in total. The van der Waals surface area contributed by atoms with Crippen LogP contribution in [0.5, 0.6) is 17.2 Å². The Hall–Kier alpha value is -2.54. The Morgan fingerprint density at radius 2 is 1.88 bits per heavy atom. The van der Waals surface area contributed by atoms with Crippen molar-refractivity contribution >= 4 is 28.1 Å². The summed E-state index contributed by atoms with van der Waals surface area (Å²) >= 11 is 3.45. The predicted molar refractivity (Wildman–Crippen MR) is 93.2 cm³/mol. The monoisotopic (exact) mass is 390 g/mol. The van der Waals surface area contributed by atoms with Crippen LogP contribution in [0.4, 0.5) is 0 Å². The van der Waals surface area contributed by atoms with Crippen molar-refractivity contribution in [3.63, 3.8) is 0 Å². The quantitative estimate of drug-likeness (QED) is 0.643. The zero-order valence-corrected chi connectivity index (χ0v) is 14.5. The van der Waals surface area contributed by atoms with Crippen LogP contribution >= 0.6 is 15.9 Å². The molecule has 0 spiro atoms. The molecule has 0 fully saturated rings. The number of nitrogens with zero attached hydrogens (tertiary/aromatic N) is 1. The van der Waals surface area contributed by atoms with Crippen LogP contribution in [0, 0.1) is 0 Å². The van der Waals surface area contributed by atoms with E-state index in [2.05, 4.69) is 26.5 Å². The molecule has 0 saturated carbocycles. The number of carbonyl (C=O) groups excluding carboxylic acids is 1. The Morgan fingerprint density at radius 1 is 1.21 bits per heavy atom. The number of benzene rings is 2. The van der Waals surface area contributed by atoms with Gasteiger partial charge in [0, 0.05) is 15.6 Å². The third-order valence-electron chi connectivity index (χ3n) is 3.38. The lowest BCUT2D eigenvalue weighted by atomic mass is 10.2. The lowest BCUT2D eigenvalue weighted by Gasteiger charge is -2.19. The minimum Gasteiger partial charge on any atom is -0.497 e. The summed E-state index contributed by atoms with van der Waals surface area (Å²) in [5.41, 5.74) is 3.76. The summed E-state index contributed by atoms with van der Waals surface area (Å²) in [5.74, 6) is 1.73. The Balaban J connectivity index is 1.68. The van der Waals surface area contributed by atoms with Gasteiger partial charge >= 0.3 is 0 Å². The number of halogens is 1. The van der Waals surface area contributed by atoms with Crippen LogP contribution in [0.1, 0.15) is 15.9 Å². The van der Waals surface area contributed by atoms with Gasteiger partial charge in [-0.25, -0.2) is 5.43 Å². The van der Waals surface area contributed by atoms with E-state index in [0.717, 1.165) is 10.0 Å². The number of nitrogens with one attached hydrogen (secondary N) is 1. The first kappa shape index (κ1) is 16.3. The molecule has 3 rings (SSSR count). The molecule has 24 heavy (non-hydrogen) atoms. The van der Waals surface area contributed by atoms with Crippen molar-refractivity contribution in [2.24, 2.45) is 5.10 Å². The molecular formula is C17H15BrN2O4. The van der Waals surface area contributed by atoms with Gasteiger partial charge in [0.05, 0.1) is 13.3 Å². The van der Waals surface area contributed by atoms with Gasteiger partial charge in [0.1, 0.15) is 19.0 Å². The molecule has 0 aliphatic carbocycles. The van der Waals surface area contributed by atoms with Crippen LogP contribution in [0.15, 0.2) is 46.0 Å². The van der Waals surface area contributed by atoms with Crippen LogP contribution in [-0.4, -0.2) is 32.4 Å². The van der Waals surface area contributed by atoms with Crippen molar-refractivity contribution in [1.82, 2.24) is 5.43 Å². The van der Waals surface area contributed by atoms with Crippen LogP contribution in [0.2, 0.25) is 0 Å². The highest BCUT2D eigenvalue weighted by molar-refractivity contribution is 9.10. The molecular weight excluding hydrogens is 376 g/mol. The SMILES string of the molecule is COc1ccc(C(=O)NN=Cc2cc3c(cc2Br)OCCO3)cc1. The van der Waals surface area contributed by atoms with Crippen molar-refractivity contribution in [2.75, 3.05) is 20.3 Å². The Morgan fingerprint density at radius 3 is 2.54 bits per heavy atom. The summed E-state index contributed by atoms with van der Waals surface area (Å²) in [5, 5.41) is 3.99. The topological polar surface area (TPSA) is 69.2 Å². The van der Waals surface area contributed by atoms with Gasteiger partial charge in [0.15, 0.2) is 11.5 Å². The smallest absolute Gasteiger partial charge is 0.271 e. The summed E-state index contributed by atoms with van der Waals surface area (Å²) in [6.07, 6.45) is 1.55. The number of carbonyl (C=O) groups is 1. The summed E-state index contributed by atoms with van der Waals surface area (Å²) in [7, 11) is 1.57. The molecule has 2 aromatic carbocycles. The van der Waals surface area contributed by atoms with Gasteiger partial charge in [-0.15, -0.1) is 0 Å². The fraction of sp³-hybridized carbons (Fsp3) is 0.176. The largest absolute Gasteiger partial charge is 0.497 e. The first-order chi connectivity index (χ1) is 11.7. The van der Waals surface area contributed by atoms with E-state index in [4.69, 9.17) is 14.2 Å². The second kappa shape index (κ2) is 7.35. The third-order valence-corrected chi connectivity index (χ3v) is 4.07. The average molecular weight is 391 g/mol. The highest BCUT2D eigenvalue weighted by Crippen LogP contribution is 2.34. The fourth-order valence-corrected chi connectivity index (χ4v) is 2.57. The first-order valence-corrected chi connectivity index (χ1v) is 8.03. The van der Waals surface area contributed by atoms with E-state index in [-0.39, 0.29) is 5.91 Å². The van der Waals surface area contributed by atoms with Crippen molar-refractivity contribution in [1.29, 1.82) is 0 Å². The molecule has 0 aromatic heterocycles. The Kier molecular flexibility index (Phi) is 5.00. The molecule has 7 heteroatoms. The zero-order valence-electron chi connectivity index (χ0n) is 12.9. The number of methoxy groups -OCH3 is 1. The normalized spacial score (nSPS) is 12.9. The van der Waals surface area contributed by atoms with E-state index in [1.807, 2.05) is 12.1 Å². The number of amides is 1. The number of hydrogen-bond acceptors (Lipinski definition) is 5. The second-order valence-corrected chi connectivity index (χ2v) is 5.80. The van der Waals surface area contributed by atoms with Crippen molar-refractivity contribution in [3.05, 3.63) is 52.0 Å². The Bertz CT molecular complexity index is 775. The lowest BCUT2D eigenvalue weighted by molar-refractivity contribution is 0.0955. The van der Waals surface area contributed by atoms with Gasteiger partial charge in [-0.3, -0.25) is 4.79 Å². The van der Waals surface area contributed by atoms with Crippen LogP contribution in [0.25, 0.3) is 0 Å². The molecule has 1 heterocycles. The maximum absolute atomic E-state index is 12.0. The van der Waals surface area contributed by atoms with Crippen LogP contribution in [-0.2, 0) is 0 Å². The number of fused-ring (bicyclic) bond motifs is 1. The van der Waals surface area contributed by atoms with Gasteiger partial charge in [-0.1, -0.05) is 0 Å². The minimum atomic E-state index is -0.303. The molecule has 1 aliphatic heterocycles. The number of rotatable bonds is 4. The number of ether oxygens (including phenoxy) is 3. The van der Waals surface area contributed by atoms with Gasteiger partial charge < -0.3 is 14.2 Å². The first-order valence-electron chi connectivity index (χ1n) is 7.24. The van der Waals surface area contributed by atoms with Crippen molar-refractivity contribution in [3.8, 4) is 17.2 Å². The van der Waals surface area contributed by atoms with Crippen molar-refractivity contribution in [2.45, 2.75) is 0 Å². The zero-order chi connectivity index (χ0) is 16.9. The molecule has 0 saturated heterocycles. The molecule has 0 bridgehead atoms. The highest BCUT2D eigenvalue weighted by Gasteiger charge is 2.14. The van der Waals surface area contributed by atoms with Crippen LogP contribution < -0.4 is 19.6 Å². The van der Waals surface area contributed by atoms with E-state index >= 15 is 0 Å². The van der Waals surface area contributed by atoms with Gasteiger partial charge in [-0.05, 0) is 52.3 Å². The van der Waals surface area contributed by atoms with Crippen LogP contribution in [0.3, 0.4) is 0 Å². The maximum Gasteiger partial charge on any atom is 0.271 e. The molecule has 124 valence electrons. The summed E-state index contributed by atoms with van der Waals surface area (Å²) in [6, 6.07) is 10.4. The fourth-order valence-electron chi connectivity index (χ4n) is 2.15. The third kappa shape index (κ3) is 3.68. The number of hydrogen-bond donors (Lipinski definition) is 1. The molecule has 0 atom stereocenters. The predicted octanol–water partition coefficient (Wildman–Crippen LogP) is 2.99. The molecule has 0 unspecified atom stereocenters.